The molecule has 0 amide bonds. The molecule has 5 rings (SSSR count). The first-order valence-corrected chi connectivity index (χ1v) is 15.9. The van der Waals surface area contributed by atoms with Crippen LogP contribution in [0.2, 0.25) is 5.15 Å². The zero-order chi connectivity index (χ0) is 31.9. The number of pyridine rings is 2. The third kappa shape index (κ3) is 7.55. The molecule has 12 heteroatoms. The summed E-state index contributed by atoms with van der Waals surface area (Å²) in [5, 5.41) is 3.64. The monoisotopic (exact) mass is 648 g/mol. The molecule has 0 aliphatic rings. The molecule has 0 fully saturated rings. The molecular weight excluding hydrogens is 615 g/mol. The Balaban J connectivity index is 1.39. The summed E-state index contributed by atoms with van der Waals surface area (Å²) in [6.45, 7) is 3.73. The van der Waals surface area contributed by atoms with E-state index in [1.54, 1.807) is 26.7 Å². The van der Waals surface area contributed by atoms with E-state index < -0.39 is 11.4 Å². The van der Waals surface area contributed by atoms with E-state index >= 15 is 0 Å². The fraction of sp³-hybridized carbons (Fsp3) is 0.273. The molecule has 3 heterocycles. The smallest absolute Gasteiger partial charge is 0.261 e. The number of hydrogen-bond acceptors (Lipinski definition) is 9. The SMILES string of the molecule is COc1ccc(CN(Cc2ccc(OC)cc2)c2ncccc2C(C)NCCc2nc(Cl)c(F)c3nc(SC)[nH]c(=O)c23)cc1. The van der Waals surface area contributed by atoms with E-state index in [-0.39, 0.29) is 22.1 Å². The summed E-state index contributed by atoms with van der Waals surface area (Å²) < 4.78 is 25.5. The number of benzene rings is 2. The normalized spacial score (nSPS) is 11.9. The quantitative estimate of drug-likeness (QED) is 0.0859. The molecule has 45 heavy (non-hydrogen) atoms. The molecule has 9 nitrogen and oxygen atoms in total. The number of hydrogen-bond donors (Lipinski definition) is 2. The van der Waals surface area contributed by atoms with Crippen molar-refractivity contribution in [3.05, 3.63) is 111 Å². The second kappa shape index (κ2) is 14.7. The molecule has 0 saturated carbocycles. The standard InChI is InChI=1S/C33H34ClFN6O3S/c1-20(36-17-15-26-27-29(28(35)30(34)38-26)39-33(45-4)40-32(27)42)25-6-5-16-37-31(25)41(18-21-7-11-23(43-2)12-8-21)19-22-9-13-24(44-3)14-10-22/h5-14,16,20,36H,15,17-19H2,1-4H3,(H,39,40,42). The first kappa shape index (κ1) is 32.2. The summed E-state index contributed by atoms with van der Waals surface area (Å²) >= 11 is 7.32. The highest BCUT2D eigenvalue weighted by Gasteiger charge is 2.21. The Labute approximate surface area is 270 Å². The van der Waals surface area contributed by atoms with Crippen molar-refractivity contribution >= 4 is 40.1 Å². The second-order valence-corrected chi connectivity index (χ2v) is 11.5. The van der Waals surface area contributed by atoms with Crippen LogP contribution in [0.5, 0.6) is 11.5 Å². The molecule has 1 atom stereocenters. The minimum absolute atomic E-state index is 0.0756. The zero-order valence-electron chi connectivity index (χ0n) is 25.4. The zero-order valence-corrected chi connectivity index (χ0v) is 27.0. The van der Waals surface area contributed by atoms with Crippen LogP contribution in [0.25, 0.3) is 10.9 Å². The van der Waals surface area contributed by atoms with Crippen molar-refractivity contribution in [2.45, 2.75) is 37.6 Å². The van der Waals surface area contributed by atoms with Crippen LogP contribution in [-0.2, 0) is 19.5 Å². The molecule has 1 unspecified atom stereocenters. The highest BCUT2D eigenvalue weighted by Crippen LogP contribution is 2.29. The number of nitrogens with zero attached hydrogens (tertiary/aromatic N) is 4. The molecule has 0 aliphatic heterocycles. The summed E-state index contributed by atoms with van der Waals surface area (Å²) in [6, 6.07) is 19.8. The molecule has 0 aliphatic carbocycles. The lowest BCUT2D eigenvalue weighted by atomic mass is 10.1. The van der Waals surface area contributed by atoms with Crippen LogP contribution in [0.4, 0.5) is 10.2 Å². The van der Waals surface area contributed by atoms with Gasteiger partial charge in [0, 0.05) is 43.9 Å². The Kier molecular flexibility index (Phi) is 10.5. The molecule has 234 valence electrons. The number of halogens is 2. The lowest BCUT2D eigenvalue weighted by Crippen LogP contribution is -2.28. The van der Waals surface area contributed by atoms with Gasteiger partial charge < -0.3 is 24.7 Å². The molecule has 0 saturated heterocycles. The third-order valence-electron chi connectivity index (χ3n) is 7.46. The Bertz CT molecular complexity index is 1770. The third-order valence-corrected chi connectivity index (χ3v) is 8.29. The first-order chi connectivity index (χ1) is 21.8. The molecule has 2 aromatic carbocycles. The number of ether oxygens (including phenoxy) is 2. The van der Waals surface area contributed by atoms with Crippen LogP contribution in [0.15, 0.2) is 76.8 Å². The van der Waals surface area contributed by atoms with Gasteiger partial charge in [0.05, 0.1) is 25.3 Å². The van der Waals surface area contributed by atoms with Gasteiger partial charge in [-0.3, -0.25) is 4.79 Å². The number of H-pyrrole nitrogens is 1. The number of aromatic amines is 1. The number of thioether (sulfide) groups is 1. The van der Waals surface area contributed by atoms with Crippen LogP contribution in [0, 0.1) is 5.82 Å². The second-order valence-electron chi connectivity index (χ2n) is 10.4. The van der Waals surface area contributed by atoms with Crippen molar-refractivity contribution in [3.8, 4) is 11.5 Å². The van der Waals surface area contributed by atoms with Crippen molar-refractivity contribution < 1.29 is 13.9 Å². The van der Waals surface area contributed by atoms with Gasteiger partial charge in [0.15, 0.2) is 16.1 Å². The minimum atomic E-state index is -0.799. The van der Waals surface area contributed by atoms with E-state index in [2.05, 4.69) is 38.2 Å². The van der Waals surface area contributed by atoms with Crippen molar-refractivity contribution in [2.24, 2.45) is 0 Å². The highest BCUT2D eigenvalue weighted by atomic mass is 35.5. The summed E-state index contributed by atoms with van der Waals surface area (Å²) in [5.41, 5.74) is 3.07. The van der Waals surface area contributed by atoms with Crippen molar-refractivity contribution in [3.63, 3.8) is 0 Å². The maximum atomic E-state index is 14.8. The van der Waals surface area contributed by atoms with Crippen LogP contribution in [0.1, 0.15) is 35.3 Å². The van der Waals surface area contributed by atoms with E-state index in [0.29, 0.717) is 36.9 Å². The largest absolute Gasteiger partial charge is 0.497 e. The van der Waals surface area contributed by atoms with Gasteiger partial charge >= 0.3 is 0 Å². The van der Waals surface area contributed by atoms with Gasteiger partial charge in [-0.1, -0.05) is 53.7 Å². The summed E-state index contributed by atoms with van der Waals surface area (Å²) in [6.07, 6.45) is 3.87. The summed E-state index contributed by atoms with van der Waals surface area (Å²) in [4.78, 5) is 31.0. The van der Waals surface area contributed by atoms with Crippen LogP contribution in [0.3, 0.4) is 0 Å². The fourth-order valence-corrected chi connectivity index (χ4v) is 5.68. The molecule has 2 N–H and O–H groups in total. The fourth-order valence-electron chi connectivity index (χ4n) is 5.11. The van der Waals surface area contributed by atoms with Crippen LogP contribution in [-0.4, -0.2) is 47.0 Å². The maximum Gasteiger partial charge on any atom is 0.261 e. The minimum Gasteiger partial charge on any atom is -0.497 e. The molecule has 3 aromatic heterocycles. The number of rotatable bonds is 13. The molecule has 0 bridgehead atoms. The predicted molar refractivity (Wildman–Crippen MR) is 177 cm³/mol. The lowest BCUT2D eigenvalue weighted by molar-refractivity contribution is 0.414. The van der Waals surface area contributed by atoms with Gasteiger partial charge in [0.25, 0.3) is 5.56 Å². The Morgan fingerprint density at radius 2 is 1.62 bits per heavy atom. The molecule has 0 spiro atoms. The maximum absolute atomic E-state index is 14.8. The lowest BCUT2D eigenvalue weighted by Gasteiger charge is -2.28. The summed E-state index contributed by atoms with van der Waals surface area (Å²) in [7, 11) is 3.30. The van der Waals surface area contributed by atoms with Crippen LogP contribution >= 0.6 is 23.4 Å². The summed E-state index contributed by atoms with van der Waals surface area (Å²) in [5.74, 6) is 1.63. The number of aromatic nitrogens is 4. The topological polar surface area (TPSA) is 105 Å². The van der Waals surface area contributed by atoms with Gasteiger partial charge in [-0.2, -0.15) is 0 Å². The van der Waals surface area contributed by atoms with E-state index in [9.17, 15) is 9.18 Å². The Hall–Kier alpha value is -4.19. The first-order valence-electron chi connectivity index (χ1n) is 14.3. The molecule has 0 radical (unpaired) electrons. The number of methoxy groups -OCH3 is 2. The van der Waals surface area contributed by atoms with Gasteiger partial charge in [-0.15, -0.1) is 0 Å². The predicted octanol–water partition coefficient (Wildman–Crippen LogP) is 6.34. The highest BCUT2D eigenvalue weighted by molar-refractivity contribution is 7.98. The van der Waals surface area contributed by atoms with E-state index in [0.717, 1.165) is 34.0 Å². The average Bonchev–Trinajstić information content (AvgIpc) is 3.07. The molecule has 5 aromatic rings. The van der Waals surface area contributed by atoms with Gasteiger partial charge in [0.2, 0.25) is 0 Å². The Morgan fingerprint density at radius 3 is 2.20 bits per heavy atom. The Morgan fingerprint density at radius 1 is 1.00 bits per heavy atom. The van der Waals surface area contributed by atoms with Gasteiger partial charge in [-0.05, 0) is 54.6 Å². The van der Waals surface area contributed by atoms with E-state index in [1.807, 2.05) is 54.6 Å². The van der Waals surface area contributed by atoms with Crippen molar-refractivity contribution in [1.29, 1.82) is 0 Å². The van der Waals surface area contributed by atoms with Crippen LogP contribution < -0.4 is 25.2 Å². The number of fused-ring (bicyclic) bond motifs is 1. The van der Waals surface area contributed by atoms with Crippen molar-refractivity contribution in [1.82, 2.24) is 25.3 Å². The molecular formula is C33H34ClFN6O3S. The number of nitrogens with one attached hydrogen (secondary N) is 2. The van der Waals surface area contributed by atoms with E-state index in [4.69, 9.17) is 26.1 Å². The van der Waals surface area contributed by atoms with E-state index in [1.165, 1.54) is 11.8 Å². The average molecular weight is 649 g/mol. The van der Waals surface area contributed by atoms with Gasteiger partial charge in [-0.25, -0.2) is 19.3 Å². The number of anilines is 1. The van der Waals surface area contributed by atoms with Crippen molar-refractivity contribution in [2.75, 3.05) is 31.9 Å². The van der Waals surface area contributed by atoms with Gasteiger partial charge in [0.1, 0.15) is 22.8 Å².